The Hall–Kier alpha value is -2.67. The first-order valence-corrected chi connectivity index (χ1v) is 8.60. The number of halogens is 2. The fourth-order valence-electron chi connectivity index (χ4n) is 2.42. The molecule has 0 spiro atoms. The van der Waals surface area contributed by atoms with E-state index in [1.165, 1.54) is 25.3 Å². The van der Waals surface area contributed by atoms with E-state index >= 15 is 0 Å². The van der Waals surface area contributed by atoms with Crippen LogP contribution in [-0.2, 0) is 9.53 Å². The van der Waals surface area contributed by atoms with Gasteiger partial charge in [-0.1, -0.05) is 6.07 Å². The molecule has 7 heteroatoms. The summed E-state index contributed by atoms with van der Waals surface area (Å²) in [6.07, 6.45) is 1.57. The van der Waals surface area contributed by atoms with Crippen molar-refractivity contribution in [3.63, 3.8) is 0 Å². The van der Waals surface area contributed by atoms with Crippen LogP contribution in [-0.4, -0.2) is 25.6 Å². The van der Waals surface area contributed by atoms with E-state index in [9.17, 15) is 9.18 Å². The lowest BCUT2D eigenvalue weighted by Gasteiger charge is -2.12. The van der Waals surface area contributed by atoms with E-state index in [0.29, 0.717) is 33.7 Å². The van der Waals surface area contributed by atoms with Gasteiger partial charge in [-0.3, -0.25) is 0 Å². The molecule has 0 saturated carbocycles. The Balaban J connectivity index is 1.97. The number of hydrogen-bond donors (Lipinski definition) is 0. The topological polar surface area (TPSA) is 57.1 Å². The first kappa shape index (κ1) is 18.1. The monoisotopic (exact) mass is 419 g/mol. The molecule has 0 bridgehead atoms. The van der Waals surface area contributed by atoms with E-state index in [0.717, 1.165) is 0 Å². The van der Waals surface area contributed by atoms with Crippen LogP contribution >= 0.6 is 15.9 Å². The maximum atomic E-state index is 13.3. The number of hydrogen-bond acceptors (Lipinski definition) is 5. The van der Waals surface area contributed by atoms with Crippen molar-refractivity contribution in [2.45, 2.75) is 6.92 Å². The summed E-state index contributed by atoms with van der Waals surface area (Å²) < 4.78 is 30.1. The molecule has 5 nitrogen and oxygen atoms in total. The highest BCUT2D eigenvalue weighted by atomic mass is 79.9. The minimum Gasteiger partial charge on any atom is -0.493 e. The van der Waals surface area contributed by atoms with Crippen molar-refractivity contribution in [2.24, 2.45) is 4.99 Å². The smallest absolute Gasteiger partial charge is 0.363 e. The third-order valence-corrected chi connectivity index (χ3v) is 4.12. The van der Waals surface area contributed by atoms with Gasteiger partial charge in [-0.2, -0.15) is 0 Å². The zero-order valence-corrected chi connectivity index (χ0v) is 15.7. The standard InChI is InChI=1S/C19H15BrFNO4/c1-3-25-17-14(20)7-11(9-16(17)24-2)8-15-19(23)26-18(22-15)12-5-4-6-13(21)10-12/h4-10H,3H2,1-2H3. The summed E-state index contributed by atoms with van der Waals surface area (Å²) >= 11 is 3.43. The van der Waals surface area contributed by atoms with Gasteiger partial charge < -0.3 is 14.2 Å². The van der Waals surface area contributed by atoms with Crippen molar-refractivity contribution in [2.75, 3.05) is 13.7 Å². The van der Waals surface area contributed by atoms with Gasteiger partial charge in [-0.15, -0.1) is 0 Å². The summed E-state index contributed by atoms with van der Waals surface area (Å²) in [5.74, 6) is 0.133. The predicted molar refractivity (Wildman–Crippen MR) is 98.9 cm³/mol. The fraction of sp³-hybridized carbons (Fsp3) is 0.158. The largest absolute Gasteiger partial charge is 0.493 e. The molecule has 0 aliphatic carbocycles. The molecule has 0 amide bonds. The second kappa shape index (κ2) is 7.70. The summed E-state index contributed by atoms with van der Waals surface area (Å²) in [7, 11) is 1.53. The van der Waals surface area contributed by atoms with Gasteiger partial charge in [0.2, 0.25) is 5.90 Å². The van der Waals surface area contributed by atoms with E-state index in [1.807, 2.05) is 6.92 Å². The first-order chi connectivity index (χ1) is 12.5. The van der Waals surface area contributed by atoms with E-state index in [1.54, 1.807) is 24.3 Å². The lowest BCUT2D eigenvalue weighted by Crippen LogP contribution is -2.05. The third-order valence-electron chi connectivity index (χ3n) is 3.54. The van der Waals surface area contributed by atoms with Crippen molar-refractivity contribution in [1.82, 2.24) is 0 Å². The number of carbonyl (C=O) groups is 1. The summed E-state index contributed by atoms with van der Waals surface area (Å²) in [6, 6.07) is 9.22. The normalized spacial score (nSPS) is 15.0. The molecule has 2 aromatic carbocycles. The molecule has 0 radical (unpaired) electrons. The number of methoxy groups -OCH3 is 1. The molecule has 134 valence electrons. The van der Waals surface area contributed by atoms with Gasteiger partial charge in [0.05, 0.1) is 18.2 Å². The third kappa shape index (κ3) is 3.77. The number of ether oxygens (including phenoxy) is 3. The Morgan fingerprint density at radius 1 is 1.31 bits per heavy atom. The van der Waals surface area contributed by atoms with Crippen LogP contribution in [0.1, 0.15) is 18.1 Å². The van der Waals surface area contributed by atoms with Gasteiger partial charge in [0.1, 0.15) is 5.82 Å². The Kier molecular flexibility index (Phi) is 5.37. The summed E-state index contributed by atoms with van der Waals surface area (Å²) in [4.78, 5) is 16.3. The van der Waals surface area contributed by atoms with Crippen LogP contribution in [0.3, 0.4) is 0 Å². The van der Waals surface area contributed by atoms with Crippen LogP contribution in [0.2, 0.25) is 0 Å². The molecule has 0 fully saturated rings. The quantitative estimate of drug-likeness (QED) is 0.534. The highest BCUT2D eigenvalue weighted by Gasteiger charge is 2.24. The fourth-order valence-corrected chi connectivity index (χ4v) is 2.99. The number of carbonyl (C=O) groups excluding carboxylic acids is 1. The van der Waals surface area contributed by atoms with Crippen LogP contribution in [0.15, 0.2) is 51.6 Å². The second-order valence-corrected chi connectivity index (χ2v) is 6.17. The molecule has 1 heterocycles. The van der Waals surface area contributed by atoms with Crippen molar-refractivity contribution >= 4 is 33.9 Å². The molecule has 1 aliphatic rings. The average molecular weight is 420 g/mol. The molecule has 0 atom stereocenters. The Morgan fingerprint density at radius 3 is 2.81 bits per heavy atom. The molecular weight excluding hydrogens is 405 g/mol. The Labute approximate surface area is 158 Å². The summed E-state index contributed by atoms with van der Waals surface area (Å²) in [5, 5.41) is 0. The van der Waals surface area contributed by atoms with Crippen LogP contribution < -0.4 is 9.47 Å². The van der Waals surface area contributed by atoms with Crippen LogP contribution in [0, 0.1) is 5.82 Å². The first-order valence-electron chi connectivity index (χ1n) is 7.80. The van der Waals surface area contributed by atoms with Gasteiger partial charge in [-0.05, 0) is 64.8 Å². The SMILES string of the molecule is CCOc1c(Br)cc(C=C2N=C(c3cccc(F)c3)OC2=O)cc1OC. The van der Waals surface area contributed by atoms with Crippen molar-refractivity contribution in [3.8, 4) is 11.5 Å². The average Bonchev–Trinajstić information content (AvgIpc) is 2.98. The molecule has 3 rings (SSSR count). The van der Waals surface area contributed by atoms with Crippen LogP contribution in [0.25, 0.3) is 6.08 Å². The maximum Gasteiger partial charge on any atom is 0.363 e. The number of nitrogens with zero attached hydrogens (tertiary/aromatic N) is 1. The molecule has 0 unspecified atom stereocenters. The van der Waals surface area contributed by atoms with E-state index < -0.39 is 11.8 Å². The summed E-state index contributed by atoms with van der Waals surface area (Å²) in [5.41, 5.74) is 1.18. The lowest BCUT2D eigenvalue weighted by molar-refractivity contribution is -0.129. The van der Waals surface area contributed by atoms with E-state index in [-0.39, 0.29) is 11.6 Å². The minimum absolute atomic E-state index is 0.0673. The van der Waals surface area contributed by atoms with Gasteiger partial charge in [0.25, 0.3) is 0 Å². The van der Waals surface area contributed by atoms with Gasteiger partial charge in [0.15, 0.2) is 17.2 Å². The Bertz CT molecular complexity index is 924. The van der Waals surface area contributed by atoms with Gasteiger partial charge in [0, 0.05) is 5.56 Å². The zero-order valence-electron chi connectivity index (χ0n) is 14.1. The molecule has 0 N–H and O–H groups in total. The van der Waals surface area contributed by atoms with E-state index in [2.05, 4.69) is 20.9 Å². The van der Waals surface area contributed by atoms with Crippen molar-refractivity contribution in [1.29, 1.82) is 0 Å². The molecule has 1 aliphatic heterocycles. The maximum absolute atomic E-state index is 13.3. The molecule has 2 aromatic rings. The van der Waals surface area contributed by atoms with Crippen molar-refractivity contribution < 1.29 is 23.4 Å². The number of rotatable bonds is 5. The van der Waals surface area contributed by atoms with Gasteiger partial charge in [-0.25, -0.2) is 14.2 Å². The molecule has 26 heavy (non-hydrogen) atoms. The second-order valence-electron chi connectivity index (χ2n) is 5.31. The number of esters is 1. The molecular formula is C19H15BrFNO4. The number of aliphatic imine (C=N–C) groups is 1. The predicted octanol–water partition coefficient (Wildman–Crippen LogP) is 4.34. The zero-order chi connectivity index (χ0) is 18.7. The number of benzene rings is 2. The van der Waals surface area contributed by atoms with Crippen molar-refractivity contribution in [3.05, 3.63) is 63.5 Å². The Morgan fingerprint density at radius 2 is 2.12 bits per heavy atom. The van der Waals surface area contributed by atoms with Crippen LogP contribution in [0.4, 0.5) is 4.39 Å². The molecule has 0 saturated heterocycles. The highest BCUT2D eigenvalue weighted by molar-refractivity contribution is 9.10. The lowest BCUT2D eigenvalue weighted by atomic mass is 10.1. The van der Waals surface area contributed by atoms with E-state index in [4.69, 9.17) is 14.2 Å². The molecule has 0 aromatic heterocycles. The van der Waals surface area contributed by atoms with Gasteiger partial charge >= 0.3 is 5.97 Å². The minimum atomic E-state index is -0.603. The highest BCUT2D eigenvalue weighted by Crippen LogP contribution is 2.37. The van der Waals surface area contributed by atoms with Crippen LogP contribution in [0.5, 0.6) is 11.5 Å². The summed E-state index contributed by atoms with van der Waals surface area (Å²) in [6.45, 7) is 2.36. The number of cyclic esters (lactones) is 1.